The number of hydrogen-bond acceptors (Lipinski definition) is 4. The van der Waals surface area contributed by atoms with Crippen molar-refractivity contribution >= 4 is 17.2 Å². The van der Waals surface area contributed by atoms with Gasteiger partial charge in [0.2, 0.25) is 5.91 Å². The van der Waals surface area contributed by atoms with Gasteiger partial charge in [-0.2, -0.15) is 0 Å². The number of amides is 1. The number of thiazole rings is 1. The van der Waals surface area contributed by atoms with E-state index in [0.29, 0.717) is 18.5 Å². The number of nitrogens with zero attached hydrogens (tertiary/aromatic N) is 2. The summed E-state index contributed by atoms with van der Waals surface area (Å²) in [5, 5.41) is 5.85. The Bertz CT molecular complexity index is 685. The highest BCUT2D eigenvalue weighted by Crippen LogP contribution is 2.14. The molecule has 1 heterocycles. The van der Waals surface area contributed by atoms with Gasteiger partial charge in [0, 0.05) is 17.8 Å². The number of nitrogens with one attached hydrogen (secondary N) is 1. The van der Waals surface area contributed by atoms with E-state index in [0.717, 1.165) is 30.3 Å². The number of benzene rings is 1. The highest BCUT2D eigenvalue weighted by atomic mass is 32.1. The minimum absolute atomic E-state index is 0.0799. The van der Waals surface area contributed by atoms with E-state index in [1.807, 2.05) is 12.3 Å². The first-order valence-corrected chi connectivity index (χ1v) is 9.58. The van der Waals surface area contributed by atoms with Crippen LogP contribution in [0.3, 0.4) is 0 Å². The molecule has 0 fully saturated rings. The van der Waals surface area contributed by atoms with E-state index >= 15 is 0 Å². The molecule has 0 aliphatic heterocycles. The van der Waals surface area contributed by atoms with Gasteiger partial charge in [0.05, 0.1) is 12.2 Å². The molecular formula is C19H26FN3OS. The average molecular weight is 364 g/mol. The van der Waals surface area contributed by atoms with Crippen LogP contribution in [0, 0.1) is 11.7 Å². The molecule has 0 saturated carbocycles. The highest BCUT2D eigenvalue weighted by Gasteiger charge is 2.16. The minimum Gasteiger partial charge on any atom is -0.349 e. The normalized spacial score (nSPS) is 12.4. The zero-order chi connectivity index (χ0) is 18.2. The minimum atomic E-state index is -0.285. The summed E-state index contributed by atoms with van der Waals surface area (Å²) in [7, 11) is 0. The van der Waals surface area contributed by atoms with Crippen molar-refractivity contribution in [3.8, 4) is 0 Å². The lowest BCUT2D eigenvalue weighted by molar-refractivity contribution is -0.124. The Balaban J connectivity index is 1.83. The van der Waals surface area contributed by atoms with Crippen LogP contribution in [0.4, 0.5) is 4.39 Å². The summed E-state index contributed by atoms with van der Waals surface area (Å²) in [5.41, 5.74) is 1.61. The van der Waals surface area contributed by atoms with Crippen molar-refractivity contribution in [2.75, 3.05) is 13.1 Å². The van der Waals surface area contributed by atoms with Crippen LogP contribution in [0.5, 0.6) is 0 Å². The molecule has 0 spiro atoms. The third-order valence-corrected chi connectivity index (χ3v) is 5.12. The van der Waals surface area contributed by atoms with Crippen LogP contribution in [0.25, 0.3) is 0 Å². The fourth-order valence-corrected chi connectivity index (χ4v) is 3.33. The van der Waals surface area contributed by atoms with Crippen molar-refractivity contribution in [2.24, 2.45) is 5.92 Å². The van der Waals surface area contributed by atoms with E-state index in [1.54, 1.807) is 29.5 Å². The molecule has 0 bridgehead atoms. The second-order valence-electron chi connectivity index (χ2n) is 6.11. The van der Waals surface area contributed by atoms with Crippen LogP contribution in [-0.2, 0) is 24.3 Å². The van der Waals surface area contributed by atoms with Crippen LogP contribution < -0.4 is 5.32 Å². The Labute approximate surface area is 153 Å². The lowest BCUT2D eigenvalue weighted by Gasteiger charge is -2.15. The maximum atomic E-state index is 13.7. The smallest absolute Gasteiger partial charge is 0.223 e. The SMILES string of the molecule is CCN(CC)Cc1csc(CNC(=O)C(C)Cc2ccccc2F)n1. The molecule has 1 N–H and O–H groups in total. The summed E-state index contributed by atoms with van der Waals surface area (Å²) in [5.74, 6) is -0.626. The summed E-state index contributed by atoms with van der Waals surface area (Å²) in [6.45, 7) is 9.32. The third kappa shape index (κ3) is 5.90. The molecule has 1 amide bonds. The van der Waals surface area contributed by atoms with E-state index in [4.69, 9.17) is 0 Å². The zero-order valence-electron chi connectivity index (χ0n) is 15.1. The van der Waals surface area contributed by atoms with Crippen LogP contribution >= 0.6 is 11.3 Å². The standard InChI is InChI=1S/C19H26FN3OS/c1-4-23(5-2)12-16-13-25-18(22-16)11-21-19(24)14(3)10-15-8-6-7-9-17(15)20/h6-9,13-14H,4-5,10-12H2,1-3H3,(H,21,24). The summed E-state index contributed by atoms with van der Waals surface area (Å²) in [6.07, 6.45) is 0.392. The molecule has 25 heavy (non-hydrogen) atoms. The highest BCUT2D eigenvalue weighted by molar-refractivity contribution is 7.09. The van der Waals surface area contributed by atoms with E-state index in [-0.39, 0.29) is 17.6 Å². The third-order valence-electron chi connectivity index (χ3n) is 4.22. The van der Waals surface area contributed by atoms with Crippen molar-refractivity contribution < 1.29 is 9.18 Å². The maximum Gasteiger partial charge on any atom is 0.223 e. The molecule has 1 aromatic carbocycles. The summed E-state index contributed by atoms with van der Waals surface area (Å²) < 4.78 is 13.7. The Morgan fingerprint density at radius 1 is 1.32 bits per heavy atom. The lowest BCUT2D eigenvalue weighted by atomic mass is 10.00. The number of carbonyl (C=O) groups excluding carboxylic acids is 1. The number of hydrogen-bond donors (Lipinski definition) is 1. The largest absolute Gasteiger partial charge is 0.349 e. The van der Waals surface area contributed by atoms with Crippen molar-refractivity contribution in [3.63, 3.8) is 0 Å². The van der Waals surface area contributed by atoms with Crippen molar-refractivity contribution in [1.29, 1.82) is 0 Å². The Kier molecular flexibility index (Phi) is 7.52. The molecule has 1 atom stereocenters. The van der Waals surface area contributed by atoms with Gasteiger partial charge >= 0.3 is 0 Å². The molecule has 6 heteroatoms. The predicted octanol–water partition coefficient (Wildman–Crippen LogP) is 3.62. The first-order chi connectivity index (χ1) is 12.0. The van der Waals surface area contributed by atoms with Gasteiger partial charge < -0.3 is 5.32 Å². The second-order valence-corrected chi connectivity index (χ2v) is 7.05. The maximum absolute atomic E-state index is 13.7. The molecule has 1 unspecified atom stereocenters. The molecule has 136 valence electrons. The molecule has 0 saturated heterocycles. The van der Waals surface area contributed by atoms with Crippen LogP contribution in [0.15, 0.2) is 29.6 Å². The zero-order valence-corrected chi connectivity index (χ0v) is 15.9. The summed E-state index contributed by atoms with van der Waals surface area (Å²) in [6, 6.07) is 6.59. The predicted molar refractivity (Wildman–Crippen MR) is 99.9 cm³/mol. The number of aromatic nitrogens is 1. The molecule has 2 rings (SSSR count). The van der Waals surface area contributed by atoms with Crippen molar-refractivity contribution in [3.05, 3.63) is 51.7 Å². The first kappa shape index (κ1) is 19.5. The second kappa shape index (κ2) is 9.63. The van der Waals surface area contributed by atoms with Crippen LogP contribution in [0.1, 0.15) is 37.0 Å². The van der Waals surface area contributed by atoms with Gasteiger partial charge in [0.1, 0.15) is 10.8 Å². The van der Waals surface area contributed by atoms with Crippen molar-refractivity contribution in [2.45, 2.75) is 40.3 Å². The average Bonchev–Trinajstić information content (AvgIpc) is 3.07. The van der Waals surface area contributed by atoms with Gasteiger partial charge in [-0.05, 0) is 31.1 Å². The molecule has 0 radical (unpaired) electrons. The number of halogens is 1. The van der Waals surface area contributed by atoms with E-state index in [9.17, 15) is 9.18 Å². The van der Waals surface area contributed by atoms with E-state index in [2.05, 4.69) is 29.0 Å². The number of carbonyl (C=O) groups is 1. The Morgan fingerprint density at radius 3 is 2.72 bits per heavy atom. The van der Waals surface area contributed by atoms with Gasteiger partial charge in [-0.1, -0.05) is 39.0 Å². The van der Waals surface area contributed by atoms with E-state index < -0.39 is 0 Å². The summed E-state index contributed by atoms with van der Waals surface area (Å²) >= 11 is 1.56. The van der Waals surface area contributed by atoms with Gasteiger partial charge in [-0.25, -0.2) is 9.37 Å². The lowest BCUT2D eigenvalue weighted by Crippen LogP contribution is -2.30. The Morgan fingerprint density at radius 2 is 2.04 bits per heavy atom. The molecule has 1 aromatic heterocycles. The molecule has 0 aliphatic carbocycles. The van der Waals surface area contributed by atoms with Crippen LogP contribution in [-0.4, -0.2) is 28.9 Å². The van der Waals surface area contributed by atoms with E-state index in [1.165, 1.54) is 6.07 Å². The number of rotatable bonds is 9. The van der Waals surface area contributed by atoms with Gasteiger partial charge in [0.15, 0.2) is 0 Å². The Hall–Kier alpha value is -1.79. The van der Waals surface area contributed by atoms with Gasteiger partial charge in [-0.3, -0.25) is 9.69 Å². The summed E-state index contributed by atoms with van der Waals surface area (Å²) in [4.78, 5) is 19.1. The fraction of sp³-hybridized carbons (Fsp3) is 0.474. The molecule has 2 aromatic rings. The quantitative estimate of drug-likeness (QED) is 0.740. The van der Waals surface area contributed by atoms with Gasteiger partial charge in [-0.15, -0.1) is 11.3 Å². The van der Waals surface area contributed by atoms with Crippen molar-refractivity contribution in [1.82, 2.24) is 15.2 Å². The first-order valence-electron chi connectivity index (χ1n) is 8.70. The molecular weight excluding hydrogens is 337 g/mol. The van der Waals surface area contributed by atoms with Gasteiger partial charge in [0.25, 0.3) is 0 Å². The monoisotopic (exact) mass is 363 g/mol. The fourth-order valence-electron chi connectivity index (χ4n) is 2.60. The van der Waals surface area contributed by atoms with Crippen LogP contribution in [0.2, 0.25) is 0 Å². The molecule has 4 nitrogen and oxygen atoms in total. The molecule has 0 aliphatic rings. The topological polar surface area (TPSA) is 45.2 Å².